The molecule has 0 radical (unpaired) electrons. The molecule has 22 heavy (non-hydrogen) atoms. The van der Waals surface area contributed by atoms with Gasteiger partial charge in [0.15, 0.2) is 0 Å². The Morgan fingerprint density at radius 1 is 1.36 bits per heavy atom. The molecule has 1 N–H and O–H groups in total. The van der Waals surface area contributed by atoms with Gasteiger partial charge in [0.25, 0.3) is 0 Å². The van der Waals surface area contributed by atoms with Crippen LogP contribution < -0.4 is 5.32 Å². The summed E-state index contributed by atoms with van der Waals surface area (Å²) in [6.45, 7) is 3.33. The molecule has 1 atom stereocenters. The highest BCUT2D eigenvalue weighted by Gasteiger charge is 2.16. The molecule has 6 heteroatoms. The smallest absolute Gasteiger partial charge is 0.230 e. The van der Waals surface area contributed by atoms with E-state index < -0.39 is 0 Å². The van der Waals surface area contributed by atoms with Gasteiger partial charge in [0.1, 0.15) is 5.03 Å². The Morgan fingerprint density at radius 3 is 2.86 bits per heavy atom. The number of hydrogen-bond donors (Lipinski definition) is 1. The quantitative estimate of drug-likeness (QED) is 0.858. The maximum Gasteiger partial charge on any atom is 0.230 e. The Labute approximate surface area is 133 Å². The first kappa shape index (κ1) is 15.2. The van der Waals surface area contributed by atoms with E-state index in [2.05, 4.69) is 15.3 Å². The van der Waals surface area contributed by atoms with Crippen LogP contribution in [0.3, 0.4) is 0 Å². The molecule has 3 rings (SSSR count). The fourth-order valence-electron chi connectivity index (χ4n) is 2.43. The molecule has 1 aromatic heterocycles. The number of amides is 1. The van der Waals surface area contributed by atoms with Crippen molar-refractivity contribution in [3.05, 3.63) is 30.0 Å². The van der Waals surface area contributed by atoms with E-state index in [1.165, 1.54) is 11.8 Å². The van der Waals surface area contributed by atoms with Gasteiger partial charge in [0, 0.05) is 13.2 Å². The van der Waals surface area contributed by atoms with Crippen LogP contribution in [0.4, 0.5) is 0 Å². The molecular weight excluding hydrogens is 298 g/mol. The van der Waals surface area contributed by atoms with Crippen molar-refractivity contribution in [3.8, 4) is 0 Å². The summed E-state index contributed by atoms with van der Waals surface area (Å²) in [6.07, 6.45) is 2.29. The van der Waals surface area contributed by atoms with Gasteiger partial charge in [-0.25, -0.2) is 9.97 Å². The molecular formula is C16H19N3O2S. The van der Waals surface area contributed by atoms with Crippen LogP contribution >= 0.6 is 11.8 Å². The van der Waals surface area contributed by atoms with Gasteiger partial charge in [-0.3, -0.25) is 4.79 Å². The average molecular weight is 317 g/mol. The Morgan fingerprint density at radius 2 is 2.14 bits per heavy atom. The third-order valence-electron chi connectivity index (χ3n) is 3.59. The highest BCUT2D eigenvalue weighted by atomic mass is 32.2. The average Bonchev–Trinajstić information content (AvgIpc) is 3.04. The second kappa shape index (κ2) is 7.07. The lowest BCUT2D eigenvalue weighted by Crippen LogP contribution is -2.32. The van der Waals surface area contributed by atoms with Crippen LogP contribution in [0.15, 0.2) is 29.3 Å². The van der Waals surface area contributed by atoms with Gasteiger partial charge in [-0.15, -0.1) is 0 Å². The van der Waals surface area contributed by atoms with E-state index >= 15 is 0 Å². The summed E-state index contributed by atoms with van der Waals surface area (Å²) in [4.78, 5) is 21.0. The first-order valence-electron chi connectivity index (χ1n) is 7.47. The van der Waals surface area contributed by atoms with E-state index in [1.807, 2.05) is 31.2 Å². The second-order valence-corrected chi connectivity index (χ2v) is 6.29. The second-order valence-electron chi connectivity index (χ2n) is 5.33. The van der Waals surface area contributed by atoms with Gasteiger partial charge in [0.05, 0.1) is 28.6 Å². The molecule has 1 saturated heterocycles. The summed E-state index contributed by atoms with van der Waals surface area (Å²) < 4.78 is 5.49. The number of nitrogens with one attached hydrogen (secondary N) is 1. The molecule has 5 nitrogen and oxygen atoms in total. The zero-order valence-electron chi connectivity index (χ0n) is 12.5. The van der Waals surface area contributed by atoms with E-state index in [9.17, 15) is 4.79 Å². The predicted octanol–water partition coefficient (Wildman–Crippen LogP) is 2.33. The van der Waals surface area contributed by atoms with Crippen molar-refractivity contribution >= 4 is 28.7 Å². The van der Waals surface area contributed by atoms with E-state index in [4.69, 9.17) is 4.74 Å². The minimum Gasteiger partial charge on any atom is -0.376 e. The largest absolute Gasteiger partial charge is 0.376 e. The highest BCUT2D eigenvalue weighted by Crippen LogP contribution is 2.21. The third kappa shape index (κ3) is 3.75. The first-order valence-corrected chi connectivity index (χ1v) is 8.45. The predicted molar refractivity (Wildman–Crippen MR) is 87.0 cm³/mol. The summed E-state index contributed by atoms with van der Waals surface area (Å²) in [5.41, 5.74) is 2.60. The standard InChI is InChI=1S/C16H19N3O2S/c1-11-16(19-14-7-3-2-6-13(14)18-11)22-10-15(20)17-9-12-5-4-8-21-12/h2-3,6-7,12H,4-5,8-10H2,1H3,(H,17,20)/t12-/m0/s1. The topological polar surface area (TPSA) is 64.1 Å². The number of aromatic nitrogens is 2. The van der Waals surface area contributed by atoms with Crippen LogP contribution in [0.2, 0.25) is 0 Å². The van der Waals surface area contributed by atoms with E-state index in [-0.39, 0.29) is 12.0 Å². The molecule has 1 aliphatic rings. The van der Waals surface area contributed by atoms with Gasteiger partial charge in [0.2, 0.25) is 5.91 Å². The van der Waals surface area contributed by atoms with Gasteiger partial charge in [-0.1, -0.05) is 23.9 Å². The minimum atomic E-state index is 0.00913. The van der Waals surface area contributed by atoms with Crippen molar-refractivity contribution in [2.45, 2.75) is 30.9 Å². The number of benzene rings is 1. The monoisotopic (exact) mass is 317 g/mol. The van der Waals surface area contributed by atoms with Gasteiger partial charge < -0.3 is 10.1 Å². The number of fused-ring (bicyclic) bond motifs is 1. The van der Waals surface area contributed by atoms with E-state index in [1.54, 1.807) is 0 Å². The summed E-state index contributed by atoms with van der Waals surface area (Å²) in [7, 11) is 0. The van der Waals surface area contributed by atoms with Crippen molar-refractivity contribution in [2.75, 3.05) is 18.9 Å². The fourth-order valence-corrected chi connectivity index (χ4v) is 3.21. The highest BCUT2D eigenvalue weighted by molar-refractivity contribution is 7.99. The van der Waals surface area contributed by atoms with Gasteiger partial charge in [-0.05, 0) is 31.9 Å². The number of aryl methyl sites for hydroxylation is 1. The minimum absolute atomic E-state index is 0.00913. The van der Waals surface area contributed by atoms with Crippen molar-refractivity contribution in [2.24, 2.45) is 0 Å². The number of thioether (sulfide) groups is 1. The number of carbonyl (C=O) groups excluding carboxylic acids is 1. The molecule has 0 bridgehead atoms. The summed E-state index contributed by atoms with van der Waals surface area (Å²) in [5.74, 6) is 0.357. The van der Waals surface area contributed by atoms with Crippen LogP contribution in [0.5, 0.6) is 0 Å². The molecule has 0 saturated carbocycles. The van der Waals surface area contributed by atoms with E-state index in [0.29, 0.717) is 12.3 Å². The molecule has 2 heterocycles. The summed E-state index contributed by atoms with van der Waals surface area (Å²) in [5, 5.41) is 3.73. The van der Waals surface area contributed by atoms with Gasteiger partial charge >= 0.3 is 0 Å². The number of rotatable bonds is 5. The van der Waals surface area contributed by atoms with Crippen molar-refractivity contribution in [3.63, 3.8) is 0 Å². The number of nitrogens with zero attached hydrogens (tertiary/aromatic N) is 2. The van der Waals surface area contributed by atoms with Crippen LogP contribution in [0.25, 0.3) is 11.0 Å². The molecule has 2 aromatic rings. The van der Waals surface area contributed by atoms with Crippen molar-refractivity contribution < 1.29 is 9.53 Å². The zero-order valence-corrected chi connectivity index (χ0v) is 13.4. The Bertz CT molecular complexity index is 671. The molecule has 1 aromatic carbocycles. The molecule has 1 amide bonds. The zero-order chi connectivity index (χ0) is 15.4. The van der Waals surface area contributed by atoms with Gasteiger partial charge in [-0.2, -0.15) is 0 Å². The molecule has 1 aliphatic heterocycles. The van der Waals surface area contributed by atoms with Crippen molar-refractivity contribution in [1.29, 1.82) is 0 Å². The molecule has 0 unspecified atom stereocenters. The van der Waals surface area contributed by atoms with Crippen LogP contribution in [-0.2, 0) is 9.53 Å². The van der Waals surface area contributed by atoms with Crippen molar-refractivity contribution in [1.82, 2.24) is 15.3 Å². The summed E-state index contributed by atoms with van der Waals surface area (Å²) in [6, 6.07) is 7.76. The number of carbonyl (C=O) groups is 1. The molecule has 1 fully saturated rings. The molecule has 116 valence electrons. The number of ether oxygens (including phenoxy) is 1. The van der Waals surface area contributed by atoms with Crippen LogP contribution in [0, 0.1) is 6.92 Å². The SMILES string of the molecule is Cc1nc2ccccc2nc1SCC(=O)NC[C@@H]1CCCO1. The van der Waals surface area contributed by atoms with Crippen LogP contribution in [0.1, 0.15) is 18.5 Å². The maximum absolute atomic E-state index is 11.9. The first-order chi connectivity index (χ1) is 10.7. The molecule has 0 spiro atoms. The lowest BCUT2D eigenvalue weighted by molar-refractivity contribution is -0.119. The summed E-state index contributed by atoms with van der Waals surface area (Å²) >= 11 is 1.43. The van der Waals surface area contributed by atoms with E-state index in [0.717, 1.165) is 41.2 Å². The number of hydrogen-bond acceptors (Lipinski definition) is 5. The molecule has 0 aliphatic carbocycles. The Kier molecular flexibility index (Phi) is 4.90. The van der Waals surface area contributed by atoms with Crippen LogP contribution in [-0.4, -0.2) is 40.9 Å². The number of para-hydroxylation sites is 2. The fraction of sp³-hybridized carbons (Fsp3) is 0.438. The Balaban J connectivity index is 1.56. The lowest BCUT2D eigenvalue weighted by atomic mass is 10.2. The maximum atomic E-state index is 11.9. The normalized spacial score (nSPS) is 17.8. The lowest BCUT2D eigenvalue weighted by Gasteiger charge is -2.11. The third-order valence-corrected chi connectivity index (χ3v) is 4.66. The Hall–Kier alpha value is -1.66.